The number of benzene rings is 2. The Labute approximate surface area is 208 Å². The Kier molecular flexibility index (Phi) is 6.88. The van der Waals surface area contributed by atoms with E-state index in [4.69, 9.17) is 11.6 Å². The van der Waals surface area contributed by atoms with Crippen molar-refractivity contribution >= 4 is 73.2 Å². The molecule has 12 heteroatoms. The molecule has 3 aromatic rings. The van der Waals surface area contributed by atoms with Gasteiger partial charge in [0.05, 0.1) is 40.6 Å². The molecule has 0 bridgehead atoms. The van der Waals surface area contributed by atoms with Crippen LogP contribution >= 0.6 is 39.3 Å². The molecule has 0 saturated carbocycles. The average molecular weight is 573 g/mol. The number of carbonyl (C=O) groups excluding carboxylic acids is 3. The van der Waals surface area contributed by atoms with E-state index in [1.54, 1.807) is 18.2 Å². The van der Waals surface area contributed by atoms with Crippen LogP contribution in [0.2, 0.25) is 5.02 Å². The number of hydrogen-bond donors (Lipinski definition) is 0. The van der Waals surface area contributed by atoms with Gasteiger partial charge in [-0.05, 0) is 53.2 Å². The summed E-state index contributed by atoms with van der Waals surface area (Å²) in [7, 11) is 0. The molecule has 176 valence electrons. The quantitative estimate of drug-likeness (QED) is 0.278. The Morgan fingerprint density at radius 3 is 2.65 bits per heavy atom. The van der Waals surface area contributed by atoms with Crippen LogP contribution in [0.25, 0.3) is 17.0 Å². The van der Waals surface area contributed by atoms with E-state index < -0.39 is 22.9 Å². The van der Waals surface area contributed by atoms with Crippen molar-refractivity contribution in [3.8, 4) is 0 Å². The largest absolute Gasteiger partial charge is 0.416 e. The highest BCUT2D eigenvalue weighted by atomic mass is 79.9. The van der Waals surface area contributed by atoms with Gasteiger partial charge in [-0.15, -0.1) is 0 Å². The SMILES string of the molecule is O=C(CBr)CN1C(=O)SC(=Cc2ccc3c(cnn3Cc3ccc(Cl)cc3C(F)(F)F)c2)C1=O. The summed E-state index contributed by atoms with van der Waals surface area (Å²) in [6, 6.07) is 8.67. The summed E-state index contributed by atoms with van der Waals surface area (Å²) in [5.41, 5.74) is 0.398. The van der Waals surface area contributed by atoms with Gasteiger partial charge in [0.2, 0.25) is 0 Å². The number of fused-ring (bicyclic) bond motifs is 1. The first-order valence-corrected chi connectivity index (χ1v) is 12.0. The molecule has 0 aliphatic carbocycles. The predicted octanol–water partition coefficient (Wildman–Crippen LogP) is 5.76. The van der Waals surface area contributed by atoms with Crippen LogP contribution in [0.15, 0.2) is 47.5 Å². The summed E-state index contributed by atoms with van der Waals surface area (Å²) in [6.07, 6.45) is -1.52. The van der Waals surface area contributed by atoms with Gasteiger partial charge in [-0.3, -0.25) is 24.0 Å². The van der Waals surface area contributed by atoms with Crippen molar-refractivity contribution in [1.29, 1.82) is 0 Å². The third-order valence-corrected chi connectivity index (χ3v) is 6.79. The molecule has 1 aliphatic heterocycles. The Morgan fingerprint density at radius 2 is 1.94 bits per heavy atom. The third kappa shape index (κ3) is 5.06. The molecular formula is C22H14BrClF3N3O3S. The van der Waals surface area contributed by atoms with Crippen LogP contribution in [-0.2, 0) is 22.3 Å². The molecule has 0 atom stereocenters. The molecule has 1 aromatic heterocycles. The van der Waals surface area contributed by atoms with Crippen LogP contribution in [0.5, 0.6) is 0 Å². The van der Waals surface area contributed by atoms with E-state index in [9.17, 15) is 27.6 Å². The zero-order chi connectivity index (χ0) is 24.6. The first kappa shape index (κ1) is 24.5. The first-order valence-electron chi connectivity index (χ1n) is 9.71. The van der Waals surface area contributed by atoms with Crippen LogP contribution in [0.3, 0.4) is 0 Å². The first-order chi connectivity index (χ1) is 16.1. The van der Waals surface area contributed by atoms with Gasteiger partial charge in [0.1, 0.15) is 0 Å². The minimum absolute atomic E-state index is 0.00739. The second-order valence-corrected chi connectivity index (χ2v) is 9.35. The maximum absolute atomic E-state index is 13.4. The molecule has 2 heterocycles. The van der Waals surface area contributed by atoms with Crippen molar-refractivity contribution < 1.29 is 27.6 Å². The number of ketones is 1. The number of aromatic nitrogens is 2. The van der Waals surface area contributed by atoms with Crippen molar-refractivity contribution in [2.45, 2.75) is 12.7 Å². The molecular weight excluding hydrogens is 559 g/mol. The molecule has 0 N–H and O–H groups in total. The van der Waals surface area contributed by atoms with Gasteiger partial charge in [0.15, 0.2) is 5.78 Å². The number of rotatable bonds is 6. The van der Waals surface area contributed by atoms with Crippen LogP contribution < -0.4 is 0 Å². The molecule has 2 aromatic carbocycles. The molecule has 34 heavy (non-hydrogen) atoms. The molecule has 0 radical (unpaired) electrons. The minimum atomic E-state index is -4.56. The van der Waals surface area contributed by atoms with E-state index in [2.05, 4.69) is 21.0 Å². The Hall–Kier alpha value is -2.63. The number of nitrogens with zero attached hydrogens (tertiary/aromatic N) is 3. The second-order valence-electron chi connectivity index (χ2n) is 7.36. The monoisotopic (exact) mass is 571 g/mol. The van der Waals surface area contributed by atoms with Crippen molar-refractivity contribution in [3.05, 3.63) is 69.2 Å². The Bertz CT molecular complexity index is 1360. The normalized spacial score (nSPS) is 15.7. The van der Waals surface area contributed by atoms with Crippen molar-refractivity contribution in [3.63, 3.8) is 0 Å². The summed E-state index contributed by atoms with van der Waals surface area (Å²) in [6.45, 7) is -0.418. The van der Waals surface area contributed by atoms with E-state index in [1.165, 1.54) is 29.1 Å². The lowest BCUT2D eigenvalue weighted by molar-refractivity contribution is -0.138. The number of hydrogen-bond acceptors (Lipinski definition) is 5. The highest BCUT2D eigenvalue weighted by Crippen LogP contribution is 2.35. The highest BCUT2D eigenvalue weighted by molar-refractivity contribution is 9.09. The van der Waals surface area contributed by atoms with Crippen LogP contribution in [-0.4, -0.2) is 43.5 Å². The van der Waals surface area contributed by atoms with Gasteiger partial charge < -0.3 is 0 Å². The topological polar surface area (TPSA) is 72.3 Å². The van der Waals surface area contributed by atoms with E-state index in [0.717, 1.165) is 22.7 Å². The fraction of sp³-hybridized carbons (Fsp3) is 0.182. The molecule has 0 unspecified atom stereocenters. The van der Waals surface area contributed by atoms with E-state index in [1.807, 2.05) is 0 Å². The van der Waals surface area contributed by atoms with E-state index in [-0.39, 0.29) is 39.7 Å². The van der Waals surface area contributed by atoms with Gasteiger partial charge >= 0.3 is 6.18 Å². The van der Waals surface area contributed by atoms with Gasteiger partial charge in [0, 0.05) is 10.4 Å². The average Bonchev–Trinajstić information content (AvgIpc) is 3.29. The predicted molar refractivity (Wildman–Crippen MR) is 127 cm³/mol. The number of thioether (sulfide) groups is 1. The lowest BCUT2D eigenvalue weighted by atomic mass is 10.1. The third-order valence-electron chi connectivity index (χ3n) is 5.02. The zero-order valence-electron chi connectivity index (χ0n) is 17.1. The maximum atomic E-state index is 13.4. The molecule has 6 nitrogen and oxygen atoms in total. The zero-order valence-corrected chi connectivity index (χ0v) is 20.3. The number of amides is 2. The summed E-state index contributed by atoms with van der Waals surface area (Å²) in [5.74, 6) is -0.853. The second kappa shape index (κ2) is 9.55. The standard InChI is InChI=1S/C22H14BrClF3N3O3S/c23-8-16(31)11-29-20(32)19(34-21(29)33)6-12-1-4-18-14(5-12)9-28-30(18)10-13-2-3-15(24)7-17(13)22(25,26)27/h1-7,9H,8,10-11H2. The lowest BCUT2D eigenvalue weighted by Gasteiger charge is -2.14. The van der Waals surface area contributed by atoms with Crippen molar-refractivity contribution in [1.82, 2.24) is 14.7 Å². The smallest absolute Gasteiger partial charge is 0.297 e. The lowest BCUT2D eigenvalue weighted by Crippen LogP contribution is -2.34. The van der Waals surface area contributed by atoms with Crippen LogP contribution in [0, 0.1) is 0 Å². The molecule has 1 fully saturated rings. The van der Waals surface area contributed by atoms with Gasteiger partial charge in [-0.25, -0.2) is 0 Å². The summed E-state index contributed by atoms with van der Waals surface area (Å²) in [4.78, 5) is 37.3. The van der Waals surface area contributed by atoms with Crippen LogP contribution in [0.4, 0.5) is 18.0 Å². The van der Waals surface area contributed by atoms with E-state index >= 15 is 0 Å². The number of alkyl halides is 4. The minimum Gasteiger partial charge on any atom is -0.297 e. The highest BCUT2D eigenvalue weighted by Gasteiger charge is 2.36. The molecule has 0 spiro atoms. The fourth-order valence-corrected chi connectivity index (χ4v) is 4.63. The van der Waals surface area contributed by atoms with Crippen molar-refractivity contribution in [2.75, 3.05) is 11.9 Å². The van der Waals surface area contributed by atoms with E-state index in [0.29, 0.717) is 16.5 Å². The van der Waals surface area contributed by atoms with Crippen LogP contribution in [0.1, 0.15) is 16.7 Å². The number of carbonyl (C=O) groups is 3. The number of imide groups is 1. The number of Topliss-reactive ketones (excluding diaryl/α,β-unsaturated/α-hetero) is 1. The summed E-state index contributed by atoms with van der Waals surface area (Å²) in [5, 5.41) is 4.36. The molecule has 2 amide bonds. The molecule has 1 saturated heterocycles. The summed E-state index contributed by atoms with van der Waals surface area (Å²) >= 11 is 9.49. The maximum Gasteiger partial charge on any atom is 0.416 e. The van der Waals surface area contributed by atoms with Gasteiger partial charge in [-0.1, -0.05) is 39.7 Å². The molecule has 1 aliphatic rings. The number of halogens is 5. The fourth-order valence-electron chi connectivity index (χ4n) is 3.44. The Balaban J connectivity index is 1.60. The van der Waals surface area contributed by atoms with Gasteiger partial charge in [0.25, 0.3) is 11.1 Å². The Morgan fingerprint density at radius 1 is 1.18 bits per heavy atom. The molecule has 4 rings (SSSR count). The summed E-state index contributed by atoms with van der Waals surface area (Å²) < 4.78 is 41.7. The van der Waals surface area contributed by atoms with Gasteiger partial charge in [-0.2, -0.15) is 18.3 Å². The van der Waals surface area contributed by atoms with Crippen molar-refractivity contribution in [2.24, 2.45) is 0 Å².